The predicted molar refractivity (Wildman–Crippen MR) is 80.3 cm³/mol. The van der Waals surface area contributed by atoms with Crippen LogP contribution in [-0.2, 0) is 0 Å². The Morgan fingerprint density at radius 1 is 1.21 bits per heavy atom. The summed E-state index contributed by atoms with van der Waals surface area (Å²) < 4.78 is 2.03. The molecule has 2 aromatic rings. The smallest absolute Gasteiger partial charge is 0.0672 e. The van der Waals surface area contributed by atoms with E-state index < -0.39 is 0 Å². The Balaban J connectivity index is 2.41. The van der Waals surface area contributed by atoms with Crippen LogP contribution in [0.1, 0.15) is 44.1 Å². The molecule has 0 amide bonds. The van der Waals surface area contributed by atoms with Crippen molar-refractivity contribution >= 4 is 0 Å². The largest absolute Gasteiger partial charge is 0.313 e. The summed E-state index contributed by atoms with van der Waals surface area (Å²) in [5.41, 5.74) is 4.85. The summed E-state index contributed by atoms with van der Waals surface area (Å²) in [7, 11) is 1.99. The van der Waals surface area contributed by atoms with E-state index in [1.165, 1.54) is 16.7 Å². The van der Waals surface area contributed by atoms with Crippen molar-refractivity contribution < 1.29 is 0 Å². The third-order valence-corrected chi connectivity index (χ3v) is 3.58. The van der Waals surface area contributed by atoms with E-state index in [-0.39, 0.29) is 0 Å². The van der Waals surface area contributed by atoms with Gasteiger partial charge in [-0.1, -0.05) is 18.2 Å². The summed E-state index contributed by atoms with van der Waals surface area (Å²) in [6, 6.07) is 9.43. The lowest BCUT2D eigenvalue weighted by atomic mass is 10.0. The molecule has 3 nitrogen and oxygen atoms in total. The van der Waals surface area contributed by atoms with Crippen LogP contribution in [0.25, 0.3) is 11.1 Å². The molecule has 3 heteroatoms. The highest BCUT2D eigenvalue weighted by molar-refractivity contribution is 5.66. The minimum absolute atomic E-state index is 0.361. The van der Waals surface area contributed by atoms with Crippen molar-refractivity contribution in [3.8, 4) is 11.1 Å². The Bertz CT molecular complexity index is 555. The van der Waals surface area contributed by atoms with Crippen molar-refractivity contribution in [3.63, 3.8) is 0 Å². The molecule has 102 valence electrons. The van der Waals surface area contributed by atoms with E-state index in [4.69, 9.17) is 0 Å². The van der Waals surface area contributed by atoms with Crippen molar-refractivity contribution in [1.82, 2.24) is 15.1 Å². The van der Waals surface area contributed by atoms with Crippen molar-refractivity contribution in [3.05, 3.63) is 41.7 Å². The first kappa shape index (κ1) is 13.8. The molecule has 0 bridgehead atoms. The van der Waals surface area contributed by atoms with Crippen LogP contribution < -0.4 is 5.32 Å². The molecule has 1 unspecified atom stereocenters. The van der Waals surface area contributed by atoms with Crippen LogP contribution in [0.15, 0.2) is 30.5 Å². The summed E-state index contributed by atoms with van der Waals surface area (Å²) in [5, 5.41) is 7.86. The second kappa shape index (κ2) is 5.57. The molecular formula is C16H23N3. The van der Waals surface area contributed by atoms with Crippen molar-refractivity contribution in [2.45, 2.75) is 39.8 Å². The normalized spacial score (nSPS) is 12.9. The second-order valence-corrected chi connectivity index (χ2v) is 5.34. The van der Waals surface area contributed by atoms with E-state index >= 15 is 0 Å². The van der Waals surface area contributed by atoms with Crippen LogP contribution in [0.2, 0.25) is 0 Å². The van der Waals surface area contributed by atoms with Crippen molar-refractivity contribution in [1.29, 1.82) is 0 Å². The molecule has 1 N–H and O–H groups in total. The van der Waals surface area contributed by atoms with Gasteiger partial charge in [-0.05, 0) is 51.9 Å². The zero-order valence-electron chi connectivity index (χ0n) is 12.4. The summed E-state index contributed by atoms with van der Waals surface area (Å²) >= 11 is 0. The van der Waals surface area contributed by atoms with Gasteiger partial charge in [0.2, 0.25) is 0 Å². The van der Waals surface area contributed by atoms with Gasteiger partial charge in [-0.15, -0.1) is 0 Å². The summed E-state index contributed by atoms with van der Waals surface area (Å²) in [4.78, 5) is 0. The SMILES string of the molecule is CNC(C)c1cccc(-c2cn(C(C)C)nc2C)c1. The van der Waals surface area contributed by atoms with Gasteiger partial charge in [0.1, 0.15) is 0 Å². The van der Waals surface area contributed by atoms with Crippen LogP contribution in [-0.4, -0.2) is 16.8 Å². The Labute approximate surface area is 115 Å². The molecule has 0 fully saturated rings. The number of nitrogens with zero attached hydrogens (tertiary/aromatic N) is 2. The molecular weight excluding hydrogens is 234 g/mol. The standard InChI is InChI=1S/C16H23N3/c1-11(2)19-10-16(13(4)18-19)15-8-6-7-14(9-15)12(3)17-5/h6-12,17H,1-5H3. The highest BCUT2D eigenvalue weighted by atomic mass is 15.3. The Morgan fingerprint density at radius 3 is 2.53 bits per heavy atom. The van der Waals surface area contributed by atoms with Crippen LogP contribution in [0, 0.1) is 6.92 Å². The zero-order valence-corrected chi connectivity index (χ0v) is 12.4. The first-order valence-electron chi connectivity index (χ1n) is 6.86. The fourth-order valence-corrected chi connectivity index (χ4v) is 2.17. The number of nitrogens with one attached hydrogen (secondary N) is 1. The average Bonchev–Trinajstić information content (AvgIpc) is 2.80. The first-order valence-corrected chi connectivity index (χ1v) is 6.86. The molecule has 1 aromatic carbocycles. The molecule has 0 aliphatic rings. The van der Waals surface area contributed by atoms with Crippen molar-refractivity contribution in [2.24, 2.45) is 0 Å². The minimum atomic E-state index is 0.361. The maximum Gasteiger partial charge on any atom is 0.0672 e. The van der Waals surface area contributed by atoms with Gasteiger partial charge in [-0.3, -0.25) is 4.68 Å². The number of aryl methyl sites for hydroxylation is 1. The van der Waals surface area contributed by atoms with Crippen LogP contribution >= 0.6 is 0 Å². The quantitative estimate of drug-likeness (QED) is 0.904. The van der Waals surface area contributed by atoms with E-state index in [1.807, 2.05) is 11.7 Å². The predicted octanol–water partition coefficient (Wildman–Crippen LogP) is 3.72. The van der Waals surface area contributed by atoms with Crippen LogP contribution in [0.3, 0.4) is 0 Å². The van der Waals surface area contributed by atoms with Gasteiger partial charge in [0, 0.05) is 23.8 Å². The zero-order chi connectivity index (χ0) is 14.0. The maximum absolute atomic E-state index is 4.58. The van der Waals surface area contributed by atoms with Gasteiger partial charge >= 0.3 is 0 Å². The molecule has 1 heterocycles. The highest BCUT2D eigenvalue weighted by Crippen LogP contribution is 2.26. The summed E-state index contributed by atoms with van der Waals surface area (Å²) in [6.07, 6.45) is 2.14. The number of hydrogen-bond acceptors (Lipinski definition) is 2. The topological polar surface area (TPSA) is 29.9 Å². The Kier molecular flexibility index (Phi) is 4.05. The molecule has 0 saturated heterocycles. The number of hydrogen-bond donors (Lipinski definition) is 1. The minimum Gasteiger partial charge on any atom is -0.313 e. The average molecular weight is 257 g/mol. The highest BCUT2D eigenvalue weighted by Gasteiger charge is 2.10. The lowest BCUT2D eigenvalue weighted by Gasteiger charge is -2.11. The number of benzene rings is 1. The number of rotatable bonds is 4. The summed E-state index contributed by atoms with van der Waals surface area (Å²) in [6.45, 7) is 8.54. The second-order valence-electron chi connectivity index (χ2n) is 5.34. The molecule has 0 radical (unpaired) electrons. The molecule has 0 aliphatic carbocycles. The van der Waals surface area contributed by atoms with E-state index in [1.54, 1.807) is 0 Å². The van der Waals surface area contributed by atoms with Gasteiger partial charge in [0.25, 0.3) is 0 Å². The van der Waals surface area contributed by atoms with Gasteiger partial charge < -0.3 is 5.32 Å². The fourth-order valence-electron chi connectivity index (χ4n) is 2.17. The van der Waals surface area contributed by atoms with Gasteiger partial charge in [-0.25, -0.2) is 0 Å². The van der Waals surface area contributed by atoms with E-state index in [0.717, 1.165) is 5.69 Å². The van der Waals surface area contributed by atoms with E-state index in [9.17, 15) is 0 Å². The van der Waals surface area contributed by atoms with E-state index in [0.29, 0.717) is 12.1 Å². The molecule has 1 aromatic heterocycles. The Morgan fingerprint density at radius 2 is 1.95 bits per heavy atom. The van der Waals surface area contributed by atoms with Gasteiger partial charge in [-0.2, -0.15) is 5.10 Å². The molecule has 1 atom stereocenters. The maximum atomic E-state index is 4.58. The van der Waals surface area contributed by atoms with E-state index in [2.05, 4.69) is 68.6 Å². The molecule has 0 saturated carbocycles. The number of aromatic nitrogens is 2. The fraction of sp³-hybridized carbons (Fsp3) is 0.438. The third kappa shape index (κ3) is 2.87. The van der Waals surface area contributed by atoms with Crippen LogP contribution in [0.5, 0.6) is 0 Å². The van der Waals surface area contributed by atoms with Gasteiger partial charge in [0.05, 0.1) is 5.69 Å². The molecule has 0 aliphatic heterocycles. The first-order chi connectivity index (χ1) is 9.02. The Hall–Kier alpha value is -1.61. The molecule has 19 heavy (non-hydrogen) atoms. The third-order valence-electron chi connectivity index (χ3n) is 3.58. The lowest BCUT2D eigenvalue weighted by molar-refractivity contribution is 0.529. The monoisotopic (exact) mass is 257 g/mol. The van der Waals surface area contributed by atoms with Crippen LogP contribution in [0.4, 0.5) is 0 Å². The lowest BCUT2D eigenvalue weighted by Crippen LogP contribution is -2.12. The molecule has 2 rings (SSSR count). The van der Waals surface area contributed by atoms with Gasteiger partial charge in [0.15, 0.2) is 0 Å². The molecule has 0 spiro atoms. The summed E-state index contributed by atoms with van der Waals surface area (Å²) in [5.74, 6) is 0. The van der Waals surface area contributed by atoms with Crippen molar-refractivity contribution in [2.75, 3.05) is 7.05 Å².